The fourth-order valence-corrected chi connectivity index (χ4v) is 3.02. The van der Waals surface area contributed by atoms with E-state index >= 15 is 0 Å². The summed E-state index contributed by atoms with van der Waals surface area (Å²) in [7, 11) is 0. The summed E-state index contributed by atoms with van der Waals surface area (Å²) in [6.07, 6.45) is 2.49. The lowest BCUT2D eigenvalue weighted by atomic mass is 10.0. The third-order valence-electron chi connectivity index (χ3n) is 4.52. The molecule has 2 aromatic carbocycles. The molecule has 4 nitrogen and oxygen atoms in total. The lowest BCUT2D eigenvalue weighted by Gasteiger charge is -2.22. The summed E-state index contributed by atoms with van der Waals surface area (Å²) in [5.74, 6) is 5.78. The minimum atomic E-state index is -0.218. The summed E-state index contributed by atoms with van der Waals surface area (Å²) in [5.41, 5.74) is 10.3. The number of halogens is 1. The van der Waals surface area contributed by atoms with E-state index in [9.17, 15) is 4.39 Å². The summed E-state index contributed by atoms with van der Waals surface area (Å²) in [5, 5.41) is 5.12. The van der Waals surface area contributed by atoms with Crippen LogP contribution in [0.5, 0.6) is 0 Å². The van der Waals surface area contributed by atoms with Gasteiger partial charge in [-0.3, -0.25) is 0 Å². The summed E-state index contributed by atoms with van der Waals surface area (Å²) < 4.78 is 13.0. The Bertz CT molecular complexity index is 712. The van der Waals surface area contributed by atoms with Gasteiger partial charge < -0.3 is 16.1 Å². The van der Waals surface area contributed by atoms with E-state index in [1.165, 1.54) is 12.1 Å². The van der Waals surface area contributed by atoms with Crippen LogP contribution in [-0.4, -0.2) is 18.6 Å². The molecule has 0 radical (unpaired) electrons. The van der Waals surface area contributed by atoms with Crippen molar-refractivity contribution in [2.45, 2.75) is 45.2 Å². The molecule has 0 bridgehead atoms. The van der Waals surface area contributed by atoms with Crippen molar-refractivity contribution in [1.82, 2.24) is 5.32 Å². The highest BCUT2D eigenvalue weighted by atomic mass is 19.1. The normalized spacial score (nSPS) is 13.1. The molecular formula is C22H31FN4. The van der Waals surface area contributed by atoms with Crippen molar-refractivity contribution in [3.05, 3.63) is 77.8 Å². The maximum absolute atomic E-state index is 13.0. The van der Waals surface area contributed by atoms with Gasteiger partial charge in [-0.2, -0.15) is 0 Å². The summed E-state index contributed by atoms with van der Waals surface area (Å²) in [6.45, 7) is 9.09. The van der Waals surface area contributed by atoms with Gasteiger partial charge in [-0.1, -0.05) is 37.8 Å². The van der Waals surface area contributed by atoms with Gasteiger partial charge in [-0.15, -0.1) is 0 Å². The van der Waals surface area contributed by atoms with Crippen LogP contribution < -0.4 is 21.9 Å². The van der Waals surface area contributed by atoms with Crippen LogP contribution in [0.2, 0.25) is 0 Å². The molecule has 0 amide bonds. The molecule has 146 valence electrons. The first-order valence-electron chi connectivity index (χ1n) is 9.45. The first kappa shape index (κ1) is 20.9. The molecule has 5 N–H and O–H groups in total. The number of rotatable bonds is 10. The molecule has 27 heavy (non-hydrogen) atoms. The second-order valence-electron chi connectivity index (χ2n) is 7.07. The monoisotopic (exact) mass is 370 g/mol. The average Bonchev–Trinajstić information content (AvgIpc) is 2.64. The zero-order valence-electron chi connectivity index (χ0n) is 16.3. The third kappa shape index (κ3) is 6.70. The summed E-state index contributed by atoms with van der Waals surface area (Å²) in [4.78, 5) is 0. The van der Waals surface area contributed by atoms with Crippen molar-refractivity contribution in [2.75, 3.05) is 11.6 Å². The predicted octanol–water partition coefficient (Wildman–Crippen LogP) is 3.52. The van der Waals surface area contributed by atoms with Crippen molar-refractivity contribution < 1.29 is 4.39 Å². The van der Waals surface area contributed by atoms with Gasteiger partial charge in [-0.25, -0.2) is 10.2 Å². The molecular weight excluding hydrogens is 339 g/mol. The minimum absolute atomic E-state index is 0.163. The van der Waals surface area contributed by atoms with Gasteiger partial charge in [-0.05, 0) is 61.6 Å². The SMILES string of the molecule is C=C(NC(C)Cc1ccc(F)cc1)C(N)Cc1ccc(N(N)CCC)cc1. The van der Waals surface area contributed by atoms with E-state index in [0.29, 0.717) is 6.42 Å². The third-order valence-corrected chi connectivity index (χ3v) is 4.52. The zero-order valence-corrected chi connectivity index (χ0v) is 16.3. The zero-order chi connectivity index (χ0) is 19.8. The smallest absolute Gasteiger partial charge is 0.123 e. The van der Waals surface area contributed by atoms with E-state index in [1.807, 2.05) is 12.1 Å². The van der Waals surface area contributed by atoms with E-state index in [1.54, 1.807) is 17.1 Å². The molecule has 0 aliphatic heterocycles. The van der Waals surface area contributed by atoms with E-state index < -0.39 is 0 Å². The molecule has 2 atom stereocenters. The van der Waals surface area contributed by atoms with Gasteiger partial charge in [0, 0.05) is 24.3 Å². The van der Waals surface area contributed by atoms with Crippen LogP contribution in [0.4, 0.5) is 10.1 Å². The van der Waals surface area contributed by atoms with Crippen molar-refractivity contribution in [2.24, 2.45) is 11.6 Å². The van der Waals surface area contributed by atoms with Gasteiger partial charge in [0.05, 0.1) is 5.69 Å². The van der Waals surface area contributed by atoms with Crippen molar-refractivity contribution in [3.8, 4) is 0 Å². The Kier molecular flexibility index (Phi) is 7.82. The molecule has 0 spiro atoms. The van der Waals surface area contributed by atoms with Gasteiger partial charge in [0.25, 0.3) is 0 Å². The Morgan fingerprint density at radius 3 is 2.22 bits per heavy atom. The highest BCUT2D eigenvalue weighted by molar-refractivity contribution is 5.46. The maximum Gasteiger partial charge on any atom is 0.123 e. The molecule has 5 heteroatoms. The Labute approximate surface area is 162 Å². The number of anilines is 1. The van der Waals surface area contributed by atoms with Crippen LogP contribution in [-0.2, 0) is 12.8 Å². The van der Waals surface area contributed by atoms with E-state index in [0.717, 1.165) is 41.9 Å². The van der Waals surface area contributed by atoms with Gasteiger partial charge in [0.15, 0.2) is 0 Å². The number of hydrazine groups is 1. The van der Waals surface area contributed by atoms with E-state index in [2.05, 4.69) is 37.9 Å². The Morgan fingerprint density at radius 1 is 1.07 bits per heavy atom. The highest BCUT2D eigenvalue weighted by Crippen LogP contribution is 2.15. The van der Waals surface area contributed by atoms with E-state index in [4.69, 9.17) is 11.6 Å². The largest absolute Gasteiger partial charge is 0.385 e. The molecule has 2 rings (SSSR count). The van der Waals surface area contributed by atoms with Crippen molar-refractivity contribution in [1.29, 1.82) is 0 Å². The number of nitrogens with one attached hydrogen (secondary N) is 1. The topological polar surface area (TPSA) is 67.3 Å². The van der Waals surface area contributed by atoms with Crippen LogP contribution in [0, 0.1) is 5.82 Å². The molecule has 0 aliphatic rings. The van der Waals surface area contributed by atoms with Crippen LogP contribution in [0.3, 0.4) is 0 Å². The van der Waals surface area contributed by atoms with Crippen molar-refractivity contribution >= 4 is 5.69 Å². The standard InChI is InChI=1S/C22H31FN4/c1-4-13-27(25)21-11-7-19(8-12-21)15-22(24)17(3)26-16(2)14-18-5-9-20(23)10-6-18/h5-12,16,22,26H,3-4,13-15,24-25H2,1-2H3. The van der Waals surface area contributed by atoms with Crippen molar-refractivity contribution in [3.63, 3.8) is 0 Å². The first-order valence-corrected chi connectivity index (χ1v) is 9.45. The van der Waals surface area contributed by atoms with Crippen LogP contribution in [0.1, 0.15) is 31.4 Å². The van der Waals surface area contributed by atoms with E-state index in [-0.39, 0.29) is 17.9 Å². The number of nitrogens with two attached hydrogens (primary N) is 2. The molecule has 2 aromatic rings. The summed E-state index contributed by atoms with van der Waals surface area (Å²) in [6, 6.07) is 14.7. The number of hydrogen-bond acceptors (Lipinski definition) is 4. The minimum Gasteiger partial charge on any atom is -0.385 e. The second kappa shape index (κ2) is 10.1. The van der Waals surface area contributed by atoms with Crippen LogP contribution in [0.25, 0.3) is 0 Å². The molecule has 0 fully saturated rings. The second-order valence-corrected chi connectivity index (χ2v) is 7.07. The first-order chi connectivity index (χ1) is 12.9. The predicted molar refractivity (Wildman–Crippen MR) is 112 cm³/mol. The lowest BCUT2D eigenvalue weighted by Crippen LogP contribution is -2.37. The molecule has 0 aliphatic carbocycles. The molecule has 2 unspecified atom stereocenters. The number of benzene rings is 2. The van der Waals surface area contributed by atoms with Gasteiger partial charge >= 0.3 is 0 Å². The maximum atomic E-state index is 13.0. The number of hydrogen-bond donors (Lipinski definition) is 3. The van der Waals surface area contributed by atoms with Crippen LogP contribution >= 0.6 is 0 Å². The summed E-state index contributed by atoms with van der Waals surface area (Å²) >= 11 is 0. The molecule has 0 aromatic heterocycles. The lowest BCUT2D eigenvalue weighted by molar-refractivity contribution is 0.565. The quantitative estimate of drug-likeness (QED) is 0.442. The Morgan fingerprint density at radius 2 is 1.63 bits per heavy atom. The molecule has 0 saturated heterocycles. The van der Waals surface area contributed by atoms with Gasteiger partial charge in [0.2, 0.25) is 0 Å². The molecule has 0 heterocycles. The molecule has 0 saturated carbocycles. The average molecular weight is 371 g/mol. The van der Waals surface area contributed by atoms with Crippen LogP contribution in [0.15, 0.2) is 60.8 Å². The Hall–Kier alpha value is -2.37. The fourth-order valence-electron chi connectivity index (χ4n) is 3.02. The highest BCUT2D eigenvalue weighted by Gasteiger charge is 2.12. The van der Waals surface area contributed by atoms with Gasteiger partial charge in [0.1, 0.15) is 5.82 Å². The Balaban J connectivity index is 1.84. The fraction of sp³-hybridized carbons (Fsp3) is 0.364. The number of nitrogens with zero attached hydrogens (tertiary/aromatic N) is 1.